The number of aromatic nitrogens is 3. The van der Waals surface area contributed by atoms with E-state index < -0.39 is 41.1 Å². The maximum absolute atomic E-state index is 15.3. The Morgan fingerprint density at radius 3 is 2.52 bits per heavy atom. The molecule has 220 valence electrons. The third-order valence-electron chi connectivity index (χ3n) is 8.44. The Labute approximate surface area is 237 Å². The number of carbonyl (C=O) groups excluding carboxylic acids is 2. The van der Waals surface area contributed by atoms with E-state index in [0.717, 1.165) is 37.6 Å². The molecule has 13 heteroatoms. The van der Waals surface area contributed by atoms with Gasteiger partial charge in [0.15, 0.2) is 17.3 Å². The Kier molecular flexibility index (Phi) is 6.70. The number of amides is 2. The van der Waals surface area contributed by atoms with Crippen molar-refractivity contribution in [3.05, 3.63) is 76.6 Å². The Hall–Kier alpha value is -4.42. The number of carbonyl (C=O) groups is 2. The minimum Gasteiger partial charge on any atom is -0.506 e. The SMILES string of the molecule is C=CC(=O)N1CCc2nn(-c3ccc(C4CCC4)c(F)c3O)c3c2C(C1)N(C(=O)c1cnc(C(F)(F)F)c(O)c1)CC3. The summed E-state index contributed by atoms with van der Waals surface area (Å²) in [7, 11) is 0. The summed E-state index contributed by atoms with van der Waals surface area (Å²) in [5, 5.41) is 25.6. The molecule has 0 radical (unpaired) electrons. The van der Waals surface area contributed by atoms with Crippen LogP contribution in [0.25, 0.3) is 5.69 Å². The van der Waals surface area contributed by atoms with Crippen molar-refractivity contribution in [3.63, 3.8) is 0 Å². The average molecular weight is 586 g/mol. The standard InChI is InChI=1S/C29H27F4N5O4/c1-2-23(40)36-10-8-18-24-19(38(35-18)20-7-6-17(15-4-3-5-15)25(30)26(20)41)9-11-37(21(24)14-36)28(42)16-12-22(39)27(34-13-16)29(31,32)33/h2,6-7,12-13,15,21,39,41H,1,3-5,8-11,14H2. The van der Waals surface area contributed by atoms with E-state index in [1.54, 1.807) is 12.1 Å². The summed E-state index contributed by atoms with van der Waals surface area (Å²) in [6.45, 7) is 3.91. The maximum Gasteiger partial charge on any atom is 0.437 e. The molecule has 9 nitrogen and oxygen atoms in total. The number of hydrogen-bond acceptors (Lipinski definition) is 6. The zero-order valence-electron chi connectivity index (χ0n) is 22.4. The molecule has 1 aromatic carbocycles. The summed E-state index contributed by atoms with van der Waals surface area (Å²) in [5.74, 6) is -3.36. The molecule has 42 heavy (non-hydrogen) atoms. The third kappa shape index (κ3) is 4.47. The lowest BCUT2D eigenvalue weighted by molar-refractivity contribution is -0.142. The average Bonchev–Trinajstić information content (AvgIpc) is 3.18. The van der Waals surface area contributed by atoms with Gasteiger partial charge in [-0.25, -0.2) is 14.1 Å². The number of halogens is 4. The highest BCUT2D eigenvalue weighted by Gasteiger charge is 2.41. The normalized spacial score (nSPS) is 18.7. The molecule has 1 atom stereocenters. The van der Waals surface area contributed by atoms with Gasteiger partial charge in [0.05, 0.1) is 23.0 Å². The molecule has 3 aliphatic rings. The lowest BCUT2D eigenvalue weighted by atomic mass is 9.79. The number of hydrogen-bond donors (Lipinski definition) is 2. The van der Waals surface area contributed by atoms with Crippen molar-refractivity contribution in [2.45, 2.75) is 50.2 Å². The number of aromatic hydroxyl groups is 2. The molecule has 1 unspecified atom stereocenters. The van der Waals surface area contributed by atoms with Gasteiger partial charge < -0.3 is 20.0 Å². The molecule has 4 heterocycles. The second kappa shape index (κ2) is 10.1. The number of pyridine rings is 1. The fourth-order valence-electron chi connectivity index (χ4n) is 6.10. The minimum absolute atomic E-state index is 0.0449. The van der Waals surface area contributed by atoms with Crippen molar-refractivity contribution in [1.82, 2.24) is 24.6 Å². The van der Waals surface area contributed by atoms with Crippen LogP contribution in [0, 0.1) is 5.82 Å². The van der Waals surface area contributed by atoms with Crippen molar-refractivity contribution in [2.75, 3.05) is 19.6 Å². The highest BCUT2D eigenvalue weighted by atomic mass is 19.4. The van der Waals surface area contributed by atoms with E-state index in [9.17, 15) is 33.0 Å². The molecule has 3 aromatic rings. The summed E-state index contributed by atoms with van der Waals surface area (Å²) >= 11 is 0. The molecule has 2 aromatic heterocycles. The van der Waals surface area contributed by atoms with E-state index in [1.165, 1.54) is 14.5 Å². The van der Waals surface area contributed by atoms with Crippen LogP contribution in [0.5, 0.6) is 11.5 Å². The summed E-state index contributed by atoms with van der Waals surface area (Å²) in [6, 6.07) is 3.26. The topological polar surface area (TPSA) is 112 Å². The molecule has 6 rings (SSSR count). The van der Waals surface area contributed by atoms with E-state index in [2.05, 4.69) is 11.6 Å². The molecule has 2 aliphatic heterocycles. The van der Waals surface area contributed by atoms with Crippen molar-refractivity contribution in [3.8, 4) is 17.2 Å². The Morgan fingerprint density at radius 1 is 1.12 bits per heavy atom. The largest absolute Gasteiger partial charge is 0.506 e. The van der Waals surface area contributed by atoms with E-state index in [-0.39, 0.29) is 49.1 Å². The van der Waals surface area contributed by atoms with Crippen LogP contribution in [0.1, 0.15) is 69.8 Å². The van der Waals surface area contributed by atoms with Gasteiger partial charge in [0.2, 0.25) is 5.91 Å². The van der Waals surface area contributed by atoms with E-state index in [0.29, 0.717) is 28.9 Å². The molecular weight excluding hydrogens is 558 g/mol. The fourth-order valence-corrected chi connectivity index (χ4v) is 6.10. The highest BCUT2D eigenvalue weighted by molar-refractivity contribution is 5.95. The summed E-state index contributed by atoms with van der Waals surface area (Å²) in [4.78, 5) is 32.5. The van der Waals surface area contributed by atoms with Crippen LogP contribution in [0.2, 0.25) is 0 Å². The van der Waals surface area contributed by atoms with Gasteiger partial charge in [-0.1, -0.05) is 19.1 Å². The van der Waals surface area contributed by atoms with Gasteiger partial charge >= 0.3 is 6.18 Å². The monoisotopic (exact) mass is 585 g/mol. The van der Waals surface area contributed by atoms with Crippen LogP contribution >= 0.6 is 0 Å². The van der Waals surface area contributed by atoms with E-state index in [4.69, 9.17) is 5.10 Å². The van der Waals surface area contributed by atoms with Crippen molar-refractivity contribution >= 4 is 11.8 Å². The number of benzene rings is 1. The molecule has 2 amide bonds. The Morgan fingerprint density at radius 2 is 1.88 bits per heavy atom. The number of rotatable bonds is 4. The van der Waals surface area contributed by atoms with Gasteiger partial charge in [0.25, 0.3) is 5.91 Å². The van der Waals surface area contributed by atoms with Gasteiger partial charge in [0, 0.05) is 44.2 Å². The zero-order chi connectivity index (χ0) is 29.9. The summed E-state index contributed by atoms with van der Waals surface area (Å²) < 4.78 is 56.1. The predicted molar refractivity (Wildman–Crippen MR) is 141 cm³/mol. The summed E-state index contributed by atoms with van der Waals surface area (Å²) in [6.07, 6.45) is 0.268. The Bertz CT molecular complexity index is 1610. The van der Waals surface area contributed by atoms with Gasteiger partial charge in [0.1, 0.15) is 11.4 Å². The molecule has 1 fully saturated rings. The quantitative estimate of drug-likeness (QED) is 0.347. The van der Waals surface area contributed by atoms with E-state index in [1.807, 2.05) is 0 Å². The van der Waals surface area contributed by atoms with Crippen LogP contribution in [-0.4, -0.2) is 66.2 Å². The molecule has 2 N–H and O–H groups in total. The van der Waals surface area contributed by atoms with Crippen LogP contribution in [0.15, 0.2) is 37.1 Å². The lowest BCUT2D eigenvalue weighted by Crippen LogP contribution is -2.45. The smallest absolute Gasteiger partial charge is 0.437 e. The van der Waals surface area contributed by atoms with Gasteiger partial charge in [-0.3, -0.25) is 9.59 Å². The molecule has 0 saturated heterocycles. The van der Waals surface area contributed by atoms with Crippen LogP contribution in [0.4, 0.5) is 17.6 Å². The number of phenolic OH excluding ortho intramolecular Hbond substituents is 1. The lowest BCUT2D eigenvalue weighted by Gasteiger charge is -2.38. The molecule has 0 spiro atoms. The fraction of sp³-hybridized carbons (Fsp3) is 0.379. The first kappa shape index (κ1) is 27.7. The minimum atomic E-state index is -4.90. The van der Waals surface area contributed by atoms with Crippen LogP contribution < -0.4 is 0 Å². The Balaban J connectivity index is 1.41. The molecular formula is C29H27F4N5O4. The third-order valence-corrected chi connectivity index (χ3v) is 8.44. The van der Waals surface area contributed by atoms with E-state index >= 15 is 4.39 Å². The van der Waals surface area contributed by atoms with Gasteiger partial charge in [-0.15, -0.1) is 0 Å². The first-order valence-electron chi connectivity index (χ1n) is 13.6. The van der Waals surface area contributed by atoms with Crippen molar-refractivity contribution in [2.24, 2.45) is 0 Å². The first-order valence-corrected chi connectivity index (χ1v) is 13.6. The number of alkyl halides is 3. The van der Waals surface area contributed by atoms with Gasteiger partial charge in [-0.05, 0) is 42.5 Å². The molecule has 1 saturated carbocycles. The van der Waals surface area contributed by atoms with Crippen LogP contribution in [0.3, 0.4) is 0 Å². The van der Waals surface area contributed by atoms with Crippen molar-refractivity contribution < 1.29 is 37.4 Å². The van der Waals surface area contributed by atoms with Crippen LogP contribution in [-0.2, 0) is 23.8 Å². The number of phenols is 1. The maximum atomic E-state index is 15.3. The van der Waals surface area contributed by atoms with Gasteiger partial charge in [-0.2, -0.15) is 18.3 Å². The highest BCUT2D eigenvalue weighted by Crippen LogP contribution is 2.43. The number of nitrogens with zero attached hydrogens (tertiary/aromatic N) is 5. The predicted octanol–water partition coefficient (Wildman–Crippen LogP) is 4.41. The molecule has 0 bridgehead atoms. The summed E-state index contributed by atoms with van der Waals surface area (Å²) in [5.41, 5.74) is 0.668. The second-order valence-corrected chi connectivity index (χ2v) is 10.8. The van der Waals surface area contributed by atoms with Crippen molar-refractivity contribution in [1.29, 1.82) is 0 Å². The first-order chi connectivity index (χ1) is 20.0. The molecule has 1 aliphatic carbocycles. The zero-order valence-corrected chi connectivity index (χ0v) is 22.4. The second-order valence-electron chi connectivity index (χ2n) is 10.8.